The lowest BCUT2D eigenvalue weighted by molar-refractivity contribution is -0.138. The van der Waals surface area contributed by atoms with Gasteiger partial charge in [-0.3, -0.25) is 9.69 Å². The molecular formula is C19H29N5O3. The van der Waals surface area contributed by atoms with Crippen molar-refractivity contribution in [3.05, 3.63) is 11.9 Å². The van der Waals surface area contributed by atoms with E-state index in [2.05, 4.69) is 24.8 Å². The zero-order valence-electron chi connectivity index (χ0n) is 16.0. The van der Waals surface area contributed by atoms with Crippen molar-refractivity contribution in [3.63, 3.8) is 0 Å². The van der Waals surface area contributed by atoms with Crippen LogP contribution in [-0.4, -0.2) is 76.0 Å². The number of carbonyl (C=O) groups is 2. The Balaban J connectivity index is 1.33. The van der Waals surface area contributed by atoms with Crippen LogP contribution in [0.3, 0.4) is 0 Å². The third-order valence-electron chi connectivity index (χ3n) is 6.45. The van der Waals surface area contributed by atoms with E-state index < -0.39 is 5.97 Å². The quantitative estimate of drug-likeness (QED) is 0.742. The number of hydrogen-bond donors (Lipinski definition) is 0. The summed E-state index contributed by atoms with van der Waals surface area (Å²) in [5.74, 6) is 0.522. The SMILES string of the molecule is COC(=O)c1cn([C@@H]2CCN(CC(=O)N3CCC[C@@H]4CCCC[C@@H]43)C2)nn1. The molecule has 0 aromatic carbocycles. The summed E-state index contributed by atoms with van der Waals surface area (Å²) in [6.07, 6.45) is 10.0. The molecule has 27 heavy (non-hydrogen) atoms. The third kappa shape index (κ3) is 3.85. The molecule has 1 aromatic heterocycles. The molecule has 8 heteroatoms. The van der Waals surface area contributed by atoms with Crippen LogP contribution in [0.5, 0.6) is 0 Å². The van der Waals surface area contributed by atoms with Gasteiger partial charge >= 0.3 is 5.97 Å². The van der Waals surface area contributed by atoms with E-state index >= 15 is 0 Å². The highest BCUT2D eigenvalue weighted by molar-refractivity contribution is 5.86. The van der Waals surface area contributed by atoms with Gasteiger partial charge in [0.1, 0.15) is 0 Å². The maximum absolute atomic E-state index is 13.0. The predicted molar refractivity (Wildman–Crippen MR) is 98.1 cm³/mol. The lowest BCUT2D eigenvalue weighted by atomic mass is 9.78. The largest absolute Gasteiger partial charge is 0.464 e. The van der Waals surface area contributed by atoms with Crippen LogP contribution in [0.4, 0.5) is 0 Å². The Labute approximate surface area is 159 Å². The summed E-state index contributed by atoms with van der Waals surface area (Å²) < 4.78 is 6.41. The van der Waals surface area contributed by atoms with E-state index in [-0.39, 0.29) is 17.6 Å². The van der Waals surface area contributed by atoms with Gasteiger partial charge in [-0.2, -0.15) is 0 Å². The average Bonchev–Trinajstić information content (AvgIpc) is 3.36. The van der Waals surface area contributed by atoms with Gasteiger partial charge < -0.3 is 9.64 Å². The van der Waals surface area contributed by atoms with E-state index in [1.165, 1.54) is 39.2 Å². The van der Waals surface area contributed by atoms with Crippen molar-refractivity contribution in [2.24, 2.45) is 5.92 Å². The fourth-order valence-electron chi connectivity index (χ4n) is 5.04. The van der Waals surface area contributed by atoms with Gasteiger partial charge in [-0.05, 0) is 38.0 Å². The zero-order chi connectivity index (χ0) is 18.8. The summed E-state index contributed by atoms with van der Waals surface area (Å²) in [6, 6.07) is 0.615. The van der Waals surface area contributed by atoms with Crippen molar-refractivity contribution in [3.8, 4) is 0 Å². The summed E-state index contributed by atoms with van der Waals surface area (Å²) in [5, 5.41) is 7.95. The summed E-state index contributed by atoms with van der Waals surface area (Å²) in [7, 11) is 1.34. The molecule has 2 aliphatic heterocycles. The van der Waals surface area contributed by atoms with Crippen molar-refractivity contribution in [2.75, 3.05) is 33.3 Å². The molecular weight excluding hydrogens is 346 g/mol. The lowest BCUT2D eigenvalue weighted by Gasteiger charge is -2.44. The molecule has 1 saturated carbocycles. The fourth-order valence-corrected chi connectivity index (χ4v) is 5.04. The van der Waals surface area contributed by atoms with Crippen LogP contribution in [0.15, 0.2) is 6.20 Å². The fraction of sp³-hybridized carbons (Fsp3) is 0.789. The minimum atomic E-state index is -0.474. The Kier molecular flexibility index (Phi) is 5.43. The lowest BCUT2D eigenvalue weighted by Crippen LogP contribution is -2.52. The Morgan fingerprint density at radius 3 is 2.81 bits per heavy atom. The third-order valence-corrected chi connectivity index (χ3v) is 6.45. The van der Waals surface area contributed by atoms with E-state index in [4.69, 9.17) is 0 Å². The number of methoxy groups -OCH3 is 1. The van der Waals surface area contributed by atoms with Gasteiger partial charge in [0.05, 0.1) is 25.9 Å². The Morgan fingerprint density at radius 2 is 1.96 bits per heavy atom. The number of amides is 1. The second kappa shape index (κ2) is 7.96. The van der Waals surface area contributed by atoms with Gasteiger partial charge in [0, 0.05) is 25.7 Å². The summed E-state index contributed by atoms with van der Waals surface area (Å²) >= 11 is 0. The van der Waals surface area contributed by atoms with E-state index in [0.717, 1.165) is 38.4 Å². The normalized spacial score (nSPS) is 28.8. The topological polar surface area (TPSA) is 80.6 Å². The van der Waals surface area contributed by atoms with Crippen LogP contribution in [0, 0.1) is 5.92 Å². The van der Waals surface area contributed by atoms with Crippen molar-refractivity contribution >= 4 is 11.9 Å². The molecule has 2 saturated heterocycles. The number of nitrogens with zero attached hydrogens (tertiary/aromatic N) is 5. The van der Waals surface area contributed by atoms with E-state index in [1.807, 2.05) is 0 Å². The highest BCUT2D eigenvalue weighted by Gasteiger charge is 2.36. The number of fused-ring (bicyclic) bond motifs is 1. The molecule has 1 amide bonds. The number of likely N-dealkylation sites (tertiary alicyclic amines) is 2. The Bertz CT molecular complexity index is 689. The number of hydrogen-bond acceptors (Lipinski definition) is 6. The molecule has 0 unspecified atom stereocenters. The molecule has 0 bridgehead atoms. The molecule has 1 aromatic rings. The smallest absolute Gasteiger partial charge is 0.360 e. The Hall–Kier alpha value is -1.96. The highest BCUT2D eigenvalue weighted by Crippen LogP contribution is 2.35. The van der Waals surface area contributed by atoms with Gasteiger partial charge in [-0.15, -0.1) is 5.10 Å². The van der Waals surface area contributed by atoms with Gasteiger partial charge in [0.15, 0.2) is 5.69 Å². The molecule has 4 rings (SSSR count). The standard InChI is InChI=1S/C19H29N5O3/c1-27-19(26)16-12-24(21-20-16)15-8-10-22(11-15)13-18(25)23-9-4-6-14-5-2-3-7-17(14)23/h12,14-15,17H,2-11,13H2,1H3/t14-,15+,17-/m0/s1. The molecule has 1 aliphatic carbocycles. The van der Waals surface area contributed by atoms with E-state index in [1.54, 1.807) is 10.9 Å². The molecule has 3 atom stereocenters. The molecule has 3 heterocycles. The van der Waals surface area contributed by atoms with Gasteiger partial charge in [0.2, 0.25) is 5.91 Å². The predicted octanol–water partition coefficient (Wildman–Crippen LogP) is 1.49. The molecule has 148 valence electrons. The zero-order valence-corrected chi connectivity index (χ0v) is 16.0. The maximum Gasteiger partial charge on any atom is 0.360 e. The summed E-state index contributed by atoms with van der Waals surface area (Å²) in [6.45, 7) is 3.03. The molecule has 0 N–H and O–H groups in total. The first-order valence-corrected chi connectivity index (χ1v) is 10.2. The van der Waals surface area contributed by atoms with Crippen LogP contribution in [-0.2, 0) is 9.53 Å². The highest BCUT2D eigenvalue weighted by atomic mass is 16.5. The average molecular weight is 375 g/mol. The first-order valence-electron chi connectivity index (χ1n) is 10.2. The number of ether oxygens (including phenoxy) is 1. The van der Waals surface area contributed by atoms with Crippen molar-refractivity contribution in [1.82, 2.24) is 24.8 Å². The minimum absolute atomic E-state index is 0.146. The molecule has 0 radical (unpaired) electrons. The van der Waals surface area contributed by atoms with Crippen molar-refractivity contribution in [2.45, 2.75) is 57.0 Å². The number of esters is 1. The Morgan fingerprint density at radius 1 is 1.15 bits per heavy atom. The van der Waals surface area contributed by atoms with E-state index in [9.17, 15) is 9.59 Å². The second-order valence-electron chi connectivity index (χ2n) is 8.09. The number of aromatic nitrogens is 3. The van der Waals surface area contributed by atoms with Gasteiger partial charge in [0.25, 0.3) is 0 Å². The molecule has 0 spiro atoms. The second-order valence-corrected chi connectivity index (χ2v) is 8.09. The molecule has 3 aliphatic rings. The van der Waals surface area contributed by atoms with Crippen molar-refractivity contribution < 1.29 is 14.3 Å². The van der Waals surface area contributed by atoms with Crippen molar-refractivity contribution in [1.29, 1.82) is 0 Å². The number of rotatable bonds is 4. The van der Waals surface area contributed by atoms with Crippen LogP contribution < -0.4 is 0 Å². The van der Waals surface area contributed by atoms with Gasteiger partial charge in [-0.1, -0.05) is 18.1 Å². The summed E-state index contributed by atoms with van der Waals surface area (Å²) in [5.41, 5.74) is 0.226. The first-order chi connectivity index (χ1) is 13.2. The van der Waals surface area contributed by atoms with Crippen LogP contribution in [0.25, 0.3) is 0 Å². The van der Waals surface area contributed by atoms with Crippen LogP contribution in [0.1, 0.15) is 61.5 Å². The first kappa shape index (κ1) is 18.4. The van der Waals surface area contributed by atoms with Crippen LogP contribution >= 0.6 is 0 Å². The number of carbonyl (C=O) groups excluding carboxylic acids is 2. The summed E-state index contributed by atoms with van der Waals surface area (Å²) in [4.78, 5) is 28.9. The number of piperidine rings is 1. The molecule has 8 nitrogen and oxygen atoms in total. The minimum Gasteiger partial charge on any atom is -0.464 e. The molecule has 3 fully saturated rings. The monoisotopic (exact) mass is 375 g/mol. The maximum atomic E-state index is 13.0. The van der Waals surface area contributed by atoms with E-state index in [0.29, 0.717) is 12.6 Å². The van der Waals surface area contributed by atoms with Crippen LogP contribution in [0.2, 0.25) is 0 Å². The van der Waals surface area contributed by atoms with Gasteiger partial charge in [-0.25, -0.2) is 9.48 Å².